The molecule has 1 fully saturated rings. The zero-order valence-corrected chi connectivity index (χ0v) is 9.09. The van der Waals surface area contributed by atoms with E-state index in [0.717, 1.165) is 17.5 Å². The predicted octanol–water partition coefficient (Wildman–Crippen LogP) is 3.24. The molecular weight excluding hydrogens is 191 g/mol. The molecule has 0 radical (unpaired) electrons. The third-order valence-electron chi connectivity index (χ3n) is 4.10. The third kappa shape index (κ3) is 1.18. The van der Waals surface area contributed by atoms with Gasteiger partial charge in [0, 0.05) is 5.92 Å². The van der Waals surface area contributed by atoms with Crippen LogP contribution in [0.5, 0.6) is 0 Å². The molecule has 1 aromatic rings. The predicted molar refractivity (Wildman–Crippen MR) is 56.1 cm³/mol. The Kier molecular flexibility index (Phi) is 1.76. The second kappa shape index (κ2) is 2.82. The first-order valence-electron chi connectivity index (χ1n) is 5.56. The van der Waals surface area contributed by atoms with Crippen molar-refractivity contribution in [2.24, 2.45) is 5.92 Å². The summed E-state index contributed by atoms with van der Waals surface area (Å²) in [6, 6.07) is 5.04. The Morgan fingerprint density at radius 3 is 2.80 bits per heavy atom. The van der Waals surface area contributed by atoms with Gasteiger partial charge in [0.05, 0.1) is 12.2 Å². The fraction of sp³-hybridized carbons (Fsp3) is 0.538. The normalized spacial score (nSPS) is 37.8. The highest BCUT2D eigenvalue weighted by atomic mass is 19.1. The lowest BCUT2D eigenvalue weighted by molar-refractivity contribution is -0.0195. The maximum Gasteiger partial charge on any atom is 0.123 e. The number of rotatable bonds is 0. The molecule has 3 unspecified atom stereocenters. The van der Waals surface area contributed by atoms with Crippen LogP contribution in [0.4, 0.5) is 4.39 Å². The molecule has 0 bridgehead atoms. The van der Waals surface area contributed by atoms with Crippen molar-refractivity contribution >= 4 is 0 Å². The molecule has 0 aromatic heterocycles. The fourth-order valence-corrected chi connectivity index (χ4v) is 2.93. The van der Waals surface area contributed by atoms with Crippen LogP contribution in [0.15, 0.2) is 18.2 Å². The van der Waals surface area contributed by atoms with Crippen LogP contribution in [0.3, 0.4) is 0 Å². The highest BCUT2D eigenvalue weighted by Gasteiger charge is 2.58. The Labute approximate surface area is 89.3 Å². The van der Waals surface area contributed by atoms with Crippen LogP contribution in [0.1, 0.15) is 37.3 Å². The highest BCUT2D eigenvalue weighted by molar-refractivity contribution is 5.37. The SMILES string of the molecule is CC1CC12OCc1ccc(F)cc1C2C. The van der Waals surface area contributed by atoms with Gasteiger partial charge in [0.25, 0.3) is 0 Å². The molecule has 0 amide bonds. The average molecular weight is 206 g/mol. The van der Waals surface area contributed by atoms with Crippen LogP contribution < -0.4 is 0 Å². The second-order valence-electron chi connectivity index (χ2n) is 4.91. The number of hydrogen-bond acceptors (Lipinski definition) is 1. The van der Waals surface area contributed by atoms with Gasteiger partial charge in [-0.25, -0.2) is 4.39 Å². The zero-order chi connectivity index (χ0) is 10.6. The summed E-state index contributed by atoms with van der Waals surface area (Å²) in [6.07, 6.45) is 1.12. The molecule has 1 saturated carbocycles. The number of ether oxygens (including phenoxy) is 1. The lowest BCUT2D eigenvalue weighted by Gasteiger charge is -2.32. The van der Waals surface area contributed by atoms with E-state index in [-0.39, 0.29) is 11.4 Å². The minimum absolute atomic E-state index is 0.0147. The van der Waals surface area contributed by atoms with Gasteiger partial charge in [-0.05, 0) is 35.6 Å². The lowest BCUT2D eigenvalue weighted by Crippen LogP contribution is -2.29. The molecule has 80 valence electrons. The number of halogens is 1. The van der Waals surface area contributed by atoms with Gasteiger partial charge < -0.3 is 4.74 Å². The molecule has 1 aliphatic carbocycles. The summed E-state index contributed by atoms with van der Waals surface area (Å²) < 4.78 is 19.1. The summed E-state index contributed by atoms with van der Waals surface area (Å²) in [6.45, 7) is 5.01. The molecule has 2 heteroatoms. The summed E-state index contributed by atoms with van der Waals surface area (Å²) in [5.74, 6) is 0.807. The molecule has 1 heterocycles. The molecule has 1 aliphatic heterocycles. The van der Waals surface area contributed by atoms with E-state index in [0.29, 0.717) is 18.4 Å². The minimum atomic E-state index is -0.133. The van der Waals surface area contributed by atoms with Gasteiger partial charge in [0.1, 0.15) is 5.82 Å². The summed E-state index contributed by atoms with van der Waals surface area (Å²) in [5, 5.41) is 0. The van der Waals surface area contributed by atoms with E-state index < -0.39 is 0 Å². The molecule has 3 rings (SSSR count). The largest absolute Gasteiger partial charge is 0.369 e. The van der Waals surface area contributed by atoms with E-state index in [9.17, 15) is 4.39 Å². The van der Waals surface area contributed by atoms with Crippen LogP contribution in [0.2, 0.25) is 0 Å². The first-order valence-corrected chi connectivity index (χ1v) is 5.56. The molecule has 1 nitrogen and oxygen atoms in total. The maximum atomic E-state index is 13.2. The van der Waals surface area contributed by atoms with Crippen molar-refractivity contribution in [1.29, 1.82) is 0 Å². The van der Waals surface area contributed by atoms with Gasteiger partial charge in [-0.2, -0.15) is 0 Å². The van der Waals surface area contributed by atoms with Crippen LogP contribution in [0, 0.1) is 11.7 Å². The van der Waals surface area contributed by atoms with Crippen LogP contribution in [-0.2, 0) is 11.3 Å². The van der Waals surface area contributed by atoms with Crippen LogP contribution in [-0.4, -0.2) is 5.60 Å². The van der Waals surface area contributed by atoms with E-state index in [1.165, 1.54) is 6.07 Å². The van der Waals surface area contributed by atoms with Crippen molar-refractivity contribution < 1.29 is 9.13 Å². The Bertz CT molecular complexity index is 415. The van der Waals surface area contributed by atoms with Crippen LogP contribution in [0.25, 0.3) is 0 Å². The maximum absolute atomic E-state index is 13.2. The number of fused-ring (bicyclic) bond motifs is 1. The van der Waals surface area contributed by atoms with E-state index in [1.807, 2.05) is 6.07 Å². The van der Waals surface area contributed by atoms with Crippen molar-refractivity contribution in [2.75, 3.05) is 0 Å². The first kappa shape index (κ1) is 9.34. The van der Waals surface area contributed by atoms with Crippen molar-refractivity contribution in [1.82, 2.24) is 0 Å². The topological polar surface area (TPSA) is 9.23 Å². The van der Waals surface area contributed by atoms with E-state index in [1.54, 1.807) is 6.07 Å². The average Bonchev–Trinajstić information content (AvgIpc) is 2.86. The molecule has 1 aromatic carbocycles. The standard InChI is InChI=1S/C13H15FO/c1-8-6-13(8)9(2)12-5-11(14)4-3-10(12)7-15-13/h3-5,8-9H,6-7H2,1-2H3. The monoisotopic (exact) mass is 206 g/mol. The Morgan fingerprint density at radius 2 is 2.13 bits per heavy atom. The minimum Gasteiger partial charge on any atom is -0.369 e. The van der Waals surface area contributed by atoms with Gasteiger partial charge in [0.15, 0.2) is 0 Å². The van der Waals surface area contributed by atoms with Gasteiger partial charge in [-0.1, -0.05) is 19.9 Å². The van der Waals surface area contributed by atoms with Crippen molar-refractivity contribution in [3.05, 3.63) is 35.1 Å². The number of hydrogen-bond donors (Lipinski definition) is 0. The summed E-state index contributed by atoms with van der Waals surface area (Å²) in [5.41, 5.74) is 2.31. The van der Waals surface area contributed by atoms with Crippen LogP contribution >= 0.6 is 0 Å². The van der Waals surface area contributed by atoms with Gasteiger partial charge >= 0.3 is 0 Å². The van der Waals surface area contributed by atoms with E-state index in [2.05, 4.69) is 13.8 Å². The highest BCUT2D eigenvalue weighted by Crippen LogP contribution is 2.58. The molecule has 0 N–H and O–H groups in total. The Morgan fingerprint density at radius 1 is 1.40 bits per heavy atom. The van der Waals surface area contributed by atoms with Crippen molar-refractivity contribution in [3.63, 3.8) is 0 Å². The van der Waals surface area contributed by atoms with Gasteiger partial charge in [0.2, 0.25) is 0 Å². The smallest absolute Gasteiger partial charge is 0.123 e. The second-order valence-corrected chi connectivity index (χ2v) is 4.91. The summed E-state index contributed by atoms with van der Waals surface area (Å²) in [4.78, 5) is 0. The van der Waals surface area contributed by atoms with E-state index in [4.69, 9.17) is 4.74 Å². The summed E-state index contributed by atoms with van der Waals surface area (Å²) in [7, 11) is 0. The zero-order valence-electron chi connectivity index (χ0n) is 9.09. The molecule has 3 atom stereocenters. The molecule has 15 heavy (non-hydrogen) atoms. The number of benzene rings is 1. The summed E-state index contributed by atoms with van der Waals surface area (Å²) >= 11 is 0. The molecule has 1 spiro atoms. The van der Waals surface area contributed by atoms with Gasteiger partial charge in [-0.3, -0.25) is 0 Å². The van der Waals surface area contributed by atoms with Crippen molar-refractivity contribution in [3.8, 4) is 0 Å². The Hall–Kier alpha value is -0.890. The fourth-order valence-electron chi connectivity index (χ4n) is 2.93. The van der Waals surface area contributed by atoms with Crippen molar-refractivity contribution in [2.45, 2.75) is 38.4 Å². The first-order chi connectivity index (χ1) is 7.13. The lowest BCUT2D eigenvalue weighted by atomic mass is 9.86. The molecule has 0 saturated heterocycles. The van der Waals surface area contributed by atoms with Gasteiger partial charge in [-0.15, -0.1) is 0 Å². The molecular formula is C13H15FO. The Balaban J connectivity index is 2.05. The quantitative estimate of drug-likeness (QED) is 0.633. The molecule has 2 aliphatic rings. The third-order valence-corrected chi connectivity index (χ3v) is 4.10. The van der Waals surface area contributed by atoms with E-state index >= 15 is 0 Å².